The van der Waals surface area contributed by atoms with Gasteiger partial charge in [0, 0.05) is 32.7 Å². The van der Waals surface area contributed by atoms with Gasteiger partial charge in [-0.05, 0) is 25.4 Å². The van der Waals surface area contributed by atoms with Crippen LogP contribution in [0.3, 0.4) is 0 Å². The monoisotopic (exact) mass is 261 g/mol. The third-order valence-electron chi connectivity index (χ3n) is 3.75. The van der Waals surface area contributed by atoms with Gasteiger partial charge in [0.05, 0.1) is 5.75 Å². The van der Waals surface area contributed by atoms with Gasteiger partial charge in [-0.15, -0.1) is 0 Å². The van der Waals surface area contributed by atoms with Crippen molar-refractivity contribution in [3.8, 4) is 0 Å². The van der Waals surface area contributed by atoms with Crippen LogP contribution in [-0.4, -0.2) is 69.2 Å². The smallest absolute Gasteiger partial charge is 0.215 e. The van der Waals surface area contributed by atoms with Crippen LogP contribution in [0.15, 0.2) is 0 Å². The Morgan fingerprint density at radius 2 is 2.12 bits per heavy atom. The van der Waals surface area contributed by atoms with E-state index in [-0.39, 0.29) is 5.75 Å². The van der Waals surface area contributed by atoms with Gasteiger partial charge in [0.15, 0.2) is 0 Å². The van der Waals surface area contributed by atoms with Gasteiger partial charge >= 0.3 is 0 Å². The van der Waals surface area contributed by atoms with E-state index in [4.69, 9.17) is 0 Å². The molecule has 17 heavy (non-hydrogen) atoms. The van der Waals surface area contributed by atoms with Crippen molar-refractivity contribution in [2.75, 3.05) is 51.6 Å². The molecule has 0 aromatic rings. The fraction of sp³-hybridized carbons (Fsp3) is 1.00. The van der Waals surface area contributed by atoms with Gasteiger partial charge in [0.1, 0.15) is 0 Å². The molecule has 2 aliphatic rings. The second-order valence-corrected chi connectivity index (χ2v) is 7.06. The summed E-state index contributed by atoms with van der Waals surface area (Å²) in [6.07, 6.45) is 1.13. The molecule has 0 saturated carbocycles. The molecular formula is C11H23N3O2S. The maximum Gasteiger partial charge on any atom is 0.215 e. The molecule has 0 radical (unpaired) electrons. The van der Waals surface area contributed by atoms with Gasteiger partial charge in [0.2, 0.25) is 10.0 Å². The quantitative estimate of drug-likeness (QED) is 0.748. The van der Waals surface area contributed by atoms with Crippen molar-refractivity contribution in [2.45, 2.75) is 13.3 Å². The summed E-state index contributed by atoms with van der Waals surface area (Å²) in [6.45, 7) is 8.11. The molecule has 1 unspecified atom stereocenters. The first kappa shape index (κ1) is 13.3. The van der Waals surface area contributed by atoms with Crippen LogP contribution in [0.5, 0.6) is 0 Å². The zero-order valence-corrected chi connectivity index (χ0v) is 11.4. The molecule has 0 spiro atoms. The molecule has 5 nitrogen and oxygen atoms in total. The Kier molecular flexibility index (Phi) is 4.41. The van der Waals surface area contributed by atoms with E-state index in [1.165, 1.54) is 0 Å². The molecule has 2 heterocycles. The van der Waals surface area contributed by atoms with Gasteiger partial charge in [0.25, 0.3) is 0 Å². The Hall–Kier alpha value is -0.170. The lowest BCUT2D eigenvalue weighted by Gasteiger charge is -2.23. The summed E-state index contributed by atoms with van der Waals surface area (Å²) in [4.78, 5) is 2.40. The van der Waals surface area contributed by atoms with Crippen molar-refractivity contribution in [3.63, 3.8) is 0 Å². The summed E-state index contributed by atoms with van der Waals surface area (Å²) in [6, 6.07) is 0. The minimum atomic E-state index is -3.02. The van der Waals surface area contributed by atoms with Gasteiger partial charge in [-0.2, -0.15) is 0 Å². The minimum Gasteiger partial charge on any atom is -0.314 e. The summed E-state index contributed by atoms with van der Waals surface area (Å²) in [7, 11) is -3.02. The van der Waals surface area contributed by atoms with Crippen LogP contribution in [0.2, 0.25) is 0 Å². The van der Waals surface area contributed by atoms with E-state index >= 15 is 0 Å². The largest absolute Gasteiger partial charge is 0.314 e. The van der Waals surface area contributed by atoms with E-state index in [9.17, 15) is 8.42 Å². The summed E-state index contributed by atoms with van der Waals surface area (Å²) >= 11 is 0. The first-order chi connectivity index (χ1) is 8.12. The van der Waals surface area contributed by atoms with Crippen LogP contribution in [0.4, 0.5) is 0 Å². The molecule has 100 valence electrons. The third-order valence-corrected chi connectivity index (χ3v) is 5.59. The topological polar surface area (TPSA) is 52.6 Å². The molecule has 0 aliphatic carbocycles. The predicted molar refractivity (Wildman–Crippen MR) is 68.5 cm³/mol. The number of hydrogen-bond donors (Lipinski definition) is 1. The number of sulfonamides is 1. The molecule has 0 bridgehead atoms. The molecule has 2 saturated heterocycles. The highest BCUT2D eigenvalue weighted by atomic mass is 32.2. The fourth-order valence-corrected chi connectivity index (χ4v) is 4.11. The molecule has 1 atom stereocenters. The summed E-state index contributed by atoms with van der Waals surface area (Å²) < 4.78 is 25.7. The molecular weight excluding hydrogens is 238 g/mol. The second-order valence-electron chi connectivity index (χ2n) is 4.97. The van der Waals surface area contributed by atoms with Crippen molar-refractivity contribution in [3.05, 3.63) is 0 Å². The predicted octanol–water partition coefficient (Wildman–Crippen LogP) is -0.437. The third kappa shape index (κ3) is 3.40. The standard InChI is InChI=1S/C11H23N3O2S/c1-2-13-6-3-11(9-13)10-14-7-4-12-5-8-17(14,15)16/h11-12H,2-10H2,1H3. The van der Waals surface area contributed by atoms with Gasteiger partial charge in [-0.1, -0.05) is 6.92 Å². The minimum absolute atomic E-state index is 0.247. The first-order valence-corrected chi connectivity index (χ1v) is 8.13. The number of rotatable bonds is 3. The molecule has 2 aliphatic heterocycles. The van der Waals surface area contributed by atoms with E-state index in [2.05, 4.69) is 17.1 Å². The Morgan fingerprint density at radius 1 is 1.29 bits per heavy atom. The lowest BCUT2D eigenvalue weighted by Crippen LogP contribution is -2.38. The molecule has 0 aromatic carbocycles. The van der Waals surface area contributed by atoms with Gasteiger partial charge < -0.3 is 10.2 Å². The summed E-state index contributed by atoms with van der Waals surface area (Å²) in [5.41, 5.74) is 0. The summed E-state index contributed by atoms with van der Waals surface area (Å²) in [5.74, 6) is 0.764. The SMILES string of the molecule is CCN1CCC(CN2CCNCCS2(=O)=O)C1. The number of likely N-dealkylation sites (tertiary alicyclic amines) is 1. The molecule has 0 aromatic heterocycles. The highest BCUT2D eigenvalue weighted by molar-refractivity contribution is 7.89. The van der Waals surface area contributed by atoms with E-state index in [0.29, 0.717) is 25.6 Å². The van der Waals surface area contributed by atoms with Crippen molar-refractivity contribution in [2.24, 2.45) is 5.92 Å². The average Bonchev–Trinajstić information content (AvgIpc) is 2.67. The highest BCUT2D eigenvalue weighted by Crippen LogP contribution is 2.18. The van der Waals surface area contributed by atoms with Crippen LogP contribution < -0.4 is 5.32 Å². The number of hydrogen-bond acceptors (Lipinski definition) is 4. The van der Waals surface area contributed by atoms with Gasteiger partial charge in [-0.3, -0.25) is 0 Å². The van der Waals surface area contributed by atoms with Crippen molar-refractivity contribution >= 4 is 10.0 Å². The van der Waals surface area contributed by atoms with E-state index in [0.717, 1.165) is 32.6 Å². The van der Waals surface area contributed by atoms with Crippen LogP contribution >= 0.6 is 0 Å². The number of nitrogens with one attached hydrogen (secondary N) is 1. The first-order valence-electron chi connectivity index (χ1n) is 6.52. The van der Waals surface area contributed by atoms with E-state index < -0.39 is 10.0 Å². The maximum atomic E-state index is 12.0. The van der Waals surface area contributed by atoms with Crippen LogP contribution in [-0.2, 0) is 10.0 Å². The molecule has 2 rings (SSSR count). The van der Waals surface area contributed by atoms with E-state index in [1.54, 1.807) is 4.31 Å². The van der Waals surface area contributed by atoms with Crippen molar-refractivity contribution in [1.82, 2.24) is 14.5 Å². The van der Waals surface area contributed by atoms with Crippen LogP contribution in [0.25, 0.3) is 0 Å². The Labute approximate surface area is 104 Å². The van der Waals surface area contributed by atoms with Gasteiger partial charge in [-0.25, -0.2) is 12.7 Å². The Balaban J connectivity index is 1.93. The molecule has 6 heteroatoms. The lowest BCUT2D eigenvalue weighted by molar-refractivity contribution is 0.312. The average molecular weight is 261 g/mol. The van der Waals surface area contributed by atoms with Crippen molar-refractivity contribution < 1.29 is 8.42 Å². The maximum absolute atomic E-state index is 12.0. The molecule has 2 fully saturated rings. The van der Waals surface area contributed by atoms with E-state index in [1.807, 2.05) is 0 Å². The number of nitrogens with zero attached hydrogens (tertiary/aromatic N) is 2. The highest BCUT2D eigenvalue weighted by Gasteiger charge is 2.29. The Morgan fingerprint density at radius 3 is 2.82 bits per heavy atom. The normalized spacial score (nSPS) is 31.5. The fourth-order valence-electron chi connectivity index (χ4n) is 2.64. The summed E-state index contributed by atoms with van der Waals surface area (Å²) in [5, 5.41) is 3.15. The second kappa shape index (κ2) is 5.65. The zero-order chi connectivity index (χ0) is 12.3. The van der Waals surface area contributed by atoms with Crippen LogP contribution in [0, 0.1) is 5.92 Å². The molecule has 1 N–H and O–H groups in total. The van der Waals surface area contributed by atoms with Crippen molar-refractivity contribution in [1.29, 1.82) is 0 Å². The van der Waals surface area contributed by atoms with Crippen LogP contribution in [0.1, 0.15) is 13.3 Å². The zero-order valence-electron chi connectivity index (χ0n) is 10.6. The lowest BCUT2D eigenvalue weighted by atomic mass is 10.1. The Bertz CT molecular complexity index is 345. The molecule has 0 amide bonds.